The molecular weight excluding hydrogens is 346 g/mol. The lowest BCUT2D eigenvalue weighted by atomic mass is 10.1. The van der Waals surface area contributed by atoms with Gasteiger partial charge in [0.05, 0.1) is 18.6 Å². The van der Waals surface area contributed by atoms with Crippen LogP contribution in [-0.2, 0) is 11.2 Å². The normalized spacial score (nSPS) is 10.5. The standard InChI is InChI=1S/C20H21N3O2S/c1-14-18(11-15-7-4-3-5-8-15)23-20(21-14)26-13-19(24)22-16-9-6-10-17(12-16)25-2/h3-10,12H,11,13H2,1-2H3,(H,21,23)(H,22,24). The number of anilines is 1. The van der Waals surface area contributed by atoms with Gasteiger partial charge in [-0.1, -0.05) is 48.2 Å². The Kier molecular flexibility index (Phi) is 5.96. The number of nitrogens with zero attached hydrogens (tertiary/aromatic N) is 1. The maximum atomic E-state index is 12.2. The number of ether oxygens (including phenoxy) is 1. The van der Waals surface area contributed by atoms with Crippen LogP contribution in [0.15, 0.2) is 59.8 Å². The maximum Gasteiger partial charge on any atom is 0.234 e. The number of aromatic amines is 1. The number of carbonyl (C=O) groups is 1. The molecule has 6 heteroatoms. The summed E-state index contributed by atoms with van der Waals surface area (Å²) < 4.78 is 5.16. The fourth-order valence-electron chi connectivity index (χ4n) is 2.53. The van der Waals surface area contributed by atoms with Crippen LogP contribution in [0.4, 0.5) is 5.69 Å². The van der Waals surface area contributed by atoms with E-state index in [1.807, 2.05) is 43.3 Å². The minimum Gasteiger partial charge on any atom is -0.497 e. The topological polar surface area (TPSA) is 67.0 Å². The van der Waals surface area contributed by atoms with Crippen molar-refractivity contribution in [1.29, 1.82) is 0 Å². The van der Waals surface area contributed by atoms with Crippen LogP contribution in [0.25, 0.3) is 0 Å². The number of hydrogen-bond donors (Lipinski definition) is 2. The van der Waals surface area contributed by atoms with Gasteiger partial charge >= 0.3 is 0 Å². The number of thioether (sulfide) groups is 1. The maximum absolute atomic E-state index is 12.2. The minimum absolute atomic E-state index is 0.0816. The highest BCUT2D eigenvalue weighted by Gasteiger charge is 2.10. The number of amides is 1. The zero-order valence-electron chi connectivity index (χ0n) is 14.8. The lowest BCUT2D eigenvalue weighted by Crippen LogP contribution is -2.14. The lowest BCUT2D eigenvalue weighted by Gasteiger charge is -2.06. The van der Waals surface area contributed by atoms with E-state index in [1.54, 1.807) is 13.2 Å². The number of methoxy groups -OCH3 is 1. The molecule has 5 nitrogen and oxygen atoms in total. The van der Waals surface area contributed by atoms with Crippen molar-refractivity contribution >= 4 is 23.4 Å². The summed E-state index contributed by atoms with van der Waals surface area (Å²) in [6.45, 7) is 2.01. The van der Waals surface area contributed by atoms with Crippen LogP contribution in [0, 0.1) is 6.92 Å². The summed E-state index contributed by atoms with van der Waals surface area (Å²) in [7, 11) is 1.60. The molecule has 0 radical (unpaired) electrons. The summed E-state index contributed by atoms with van der Waals surface area (Å²) in [5.74, 6) is 0.916. The Hall–Kier alpha value is -2.73. The molecule has 2 aromatic carbocycles. The van der Waals surface area contributed by atoms with Crippen molar-refractivity contribution in [1.82, 2.24) is 9.97 Å². The Morgan fingerprint density at radius 3 is 2.77 bits per heavy atom. The summed E-state index contributed by atoms with van der Waals surface area (Å²) >= 11 is 1.39. The average molecular weight is 367 g/mol. The first kappa shape index (κ1) is 18.1. The summed E-state index contributed by atoms with van der Waals surface area (Å²) in [6, 6.07) is 17.5. The molecule has 0 fully saturated rings. The fraction of sp³-hybridized carbons (Fsp3) is 0.200. The molecule has 26 heavy (non-hydrogen) atoms. The second-order valence-corrected chi connectivity index (χ2v) is 6.81. The Bertz CT molecular complexity index is 878. The molecule has 0 spiro atoms. The molecule has 1 heterocycles. The first-order valence-corrected chi connectivity index (χ1v) is 9.28. The van der Waals surface area contributed by atoms with Gasteiger partial charge in [0.25, 0.3) is 0 Å². The van der Waals surface area contributed by atoms with Crippen molar-refractivity contribution in [2.45, 2.75) is 18.5 Å². The third-order valence-corrected chi connectivity index (χ3v) is 4.74. The number of benzene rings is 2. The van der Waals surface area contributed by atoms with Crippen LogP contribution in [-0.4, -0.2) is 28.7 Å². The number of imidazole rings is 1. The van der Waals surface area contributed by atoms with Gasteiger partial charge in [-0.25, -0.2) is 4.98 Å². The van der Waals surface area contributed by atoms with E-state index in [0.29, 0.717) is 5.75 Å². The van der Waals surface area contributed by atoms with Crippen molar-refractivity contribution in [2.75, 3.05) is 18.2 Å². The number of nitrogens with one attached hydrogen (secondary N) is 2. The van der Waals surface area contributed by atoms with Gasteiger partial charge in [-0.2, -0.15) is 0 Å². The van der Waals surface area contributed by atoms with E-state index >= 15 is 0 Å². The largest absolute Gasteiger partial charge is 0.497 e. The molecule has 0 aliphatic heterocycles. The molecule has 3 rings (SSSR count). The number of hydrogen-bond acceptors (Lipinski definition) is 4. The quantitative estimate of drug-likeness (QED) is 0.618. The van der Waals surface area contributed by atoms with Gasteiger partial charge in [-0.15, -0.1) is 0 Å². The van der Waals surface area contributed by atoms with Crippen LogP contribution < -0.4 is 10.1 Å². The Labute approximate surface area is 157 Å². The summed E-state index contributed by atoms with van der Waals surface area (Å²) in [4.78, 5) is 20.0. The molecule has 2 N–H and O–H groups in total. The molecule has 3 aromatic rings. The van der Waals surface area contributed by atoms with Gasteiger partial charge in [-0.05, 0) is 24.6 Å². The Balaban J connectivity index is 1.56. The zero-order chi connectivity index (χ0) is 18.4. The molecule has 0 aliphatic rings. The van der Waals surface area contributed by atoms with E-state index in [1.165, 1.54) is 17.3 Å². The van der Waals surface area contributed by atoms with Crippen LogP contribution in [0.2, 0.25) is 0 Å². The van der Waals surface area contributed by atoms with E-state index in [2.05, 4.69) is 27.4 Å². The average Bonchev–Trinajstić information content (AvgIpc) is 3.00. The second kappa shape index (κ2) is 8.58. The smallest absolute Gasteiger partial charge is 0.234 e. The highest BCUT2D eigenvalue weighted by atomic mass is 32.2. The Morgan fingerprint density at radius 1 is 1.19 bits per heavy atom. The highest BCUT2D eigenvalue weighted by Crippen LogP contribution is 2.20. The van der Waals surface area contributed by atoms with Crippen LogP contribution in [0.5, 0.6) is 5.75 Å². The molecule has 0 aliphatic carbocycles. The molecule has 0 unspecified atom stereocenters. The van der Waals surface area contributed by atoms with E-state index in [9.17, 15) is 4.79 Å². The van der Waals surface area contributed by atoms with Crippen LogP contribution in [0.3, 0.4) is 0 Å². The van der Waals surface area contributed by atoms with E-state index in [4.69, 9.17) is 4.74 Å². The third kappa shape index (κ3) is 4.89. The molecule has 1 amide bonds. The molecule has 1 aromatic heterocycles. The van der Waals surface area contributed by atoms with Crippen molar-refractivity contribution in [3.8, 4) is 5.75 Å². The van der Waals surface area contributed by atoms with Gasteiger partial charge in [0.1, 0.15) is 5.75 Å². The number of H-pyrrole nitrogens is 1. The van der Waals surface area contributed by atoms with E-state index in [0.717, 1.165) is 28.7 Å². The molecule has 0 saturated heterocycles. The predicted molar refractivity (Wildman–Crippen MR) is 105 cm³/mol. The predicted octanol–water partition coefficient (Wildman–Crippen LogP) is 4.05. The summed E-state index contributed by atoms with van der Waals surface area (Å²) in [5.41, 5.74) is 3.97. The fourth-order valence-corrected chi connectivity index (χ4v) is 3.27. The first-order valence-electron chi connectivity index (χ1n) is 8.30. The number of carbonyl (C=O) groups excluding carboxylic acids is 1. The van der Waals surface area contributed by atoms with E-state index in [-0.39, 0.29) is 11.7 Å². The van der Waals surface area contributed by atoms with Crippen LogP contribution >= 0.6 is 11.8 Å². The second-order valence-electron chi connectivity index (χ2n) is 5.84. The summed E-state index contributed by atoms with van der Waals surface area (Å²) in [5, 5.41) is 3.63. The van der Waals surface area contributed by atoms with E-state index < -0.39 is 0 Å². The molecule has 134 valence electrons. The van der Waals surface area contributed by atoms with Crippen molar-refractivity contribution in [3.63, 3.8) is 0 Å². The van der Waals surface area contributed by atoms with Crippen molar-refractivity contribution in [3.05, 3.63) is 71.5 Å². The number of aryl methyl sites for hydroxylation is 1. The van der Waals surface area contributed by atoms with Gasteiger partial charge in [-0.3, -0.25) is 4.79 Å². The van der Waals surface area contributed by atoms with Crippen molar-refractivity contribution < 1.29 is 9.53 Å². The lowest BCUT2D eigenvalue weighted by molar-refractivity contribution is -0.113. The summed E-state index contributed by atoms with van der Waals surface area (Å²) in [6.07, 6.45) is 0.778. The SMILES string of the molecule is COc1cccc(NC(=O)CSc2nc(Cc3ccccc3)c(C)[nH]2)c1. The molecular formula is C20H21N3O2S. The van der Waals surface area contributed by atoms with Gasteiger partial charge < -0.3 is 15.0 Å². The molecule has 0 atom stereocenters. The monoisotopic (exact) mass is 367 g/mol. The van der Waals surface area contributed by atoms with Crippen LogP contribution in [0.1, 0.15) is 17.0 Å². The number of aromatic nitrogens is 2. The van der Waals surface area contributed by atoms with Gasteiger partial charge in [0, 0.05) is 23.9 Å². The molecule has 0 saturated carbocycles. The molecule has 0 bridgehead atoms. The first-order chi connectivity index (χ1) is 12.6. The highest BCUT2D eigenvalue weighted by molar-refractivity contribution is 7.99. The van der Waals surface area contributed by atoms with Gasteiger partial charge in [0.15, 0.2) is 5.16 Å². The van der Waals surface area contributed by atoms with Crippen molar-refractivity contribution in [2.24, 2.45) is 0 Å². The Morgan fingerprint density at radius 2 is 2.00 bits per heavy atom. The third-order valence-electron chi connectivity index (χ3n) is 3.87. The number of rotatable bonds is 7. The zero-order valence-corrected chi connectivity index (χ0v) is 15.6. The van der Waals surface area contributed by atoms with Gasteiger partial charge in [0.2, 0.25) is 5.91 Å². The minimum atomic E-state index is -0.0816.